The number of unbranched alkanes of at least 4 members (excludes halogenated alkanes) is 3. The number of benzene rings is 1. The van der Waals surface area contributed by atoms with Crippen molar-refractivity contribution >= 4 is 46.8 Å². The summed E-state index contributed by atoms with van der Waals surface area (Å²) in [6.07, 6.45) is 4.72. The molecule has 0 radical (unpaired) electrons. The number of nitrogens with one attached hydrogen (secondary N) is 2. The van der Waals surface area contributed by atoms with Gasteiger partial charge in [-0.05, 0) is 44.7 Å². The maximum Gasteiger partial charge on any atom is 0.248 e. The van der Waals surface area contributed by atoms with Gasteiger partial charge in [-0.2, -0.15) is 0 Å². The summed E-state index contributed by atoms with van der Waals surface area (Å²) < 4.78 is -0.990. The van der Waals surface area contributed by atoms with Crippen molar-refractivity contribution in [2.75, 3.05) is 25.5 Å². The molecule has 1 spiro atoms. The number of amides is 3. The van der Waals surface area contributed by atoms with E-state index in [1.165, 1.54) is 0 Å². The highest BCUT2D eigenvalue weighted by Gasteiger charge is 2.76. The van der Waals surface area contributed by atoms with E-state index in [-0.39, 0.29) is 29.1 Å². The Bertz CT molecular complexity index is 946. The molecule has 3 heterocycles. The van der Waals surface area contributed by atoms with Crippen LogP contribution in [-0.4, -0.2) is 63.5 Å². The number of para-hydroxylation sites is 1. The van der Waals surface area contributed by atoms with Crippen molar-refractivity contribution in [2.24, 2.45) is 11.8 Å². The first-order valence-electron chi connectivity index (χ1n) is 11.7. The molecule has 3 saturated heterocycles. The fourth-order valence-electron chi connectivity index (χ4n) is 6.03. The standard InChI is InChI=1S/C24H32ClN3O4S/c1-23-11-12-24(33-23)18(17(23)20(30)26-2)22(32)28(13-7-3-4-8-14-29)19(24)21(31)27-16-10-6-5-9-15(16)25/h5-6,9-10,17-19,29H,3-4,7-8,11-14H2,1-2H3,(H,26,30)(H,27,31)/t17-,18+,19?,23+,24?/m1/s1. The second kappa shape index (κ2) is 9.47. The van der Waals surface area contributed by atoms with Crippen LogP contribution in [0.1, 0.15) is 45.4 Å². The minimum atomic E-state index is -0.661. The molecule has 3 aliphatic heterocycles. The summed E-state index contributed by atoms with van der Waals surface area (Å²) in [6, 6.07) is 6.41. The number of rotatable bonds is 9. The average molecular weight is 494 g/mol. The first kappa shape index (κ1) is 24.4. The smallest absolute Gasteiger partial charge is 0.248 e. The zero-order valence-electron chi connectivity index (χ0n) is 19.1. The Morgan fingerprint density at radius 1 is 1.18 bits per heavy atom. The van der Waals surface area contributed by atoms with E-state index in [1.54, 1.807) is 48.0 Å². The van der Waals surface area contributed by atoms with E-state index in [4.69, 9.17) is 16.7 Å². The first-order valence-corrected chi connectivity index (χ1v) is 12.9. The maximum absolute atomic E-state index is 13.8. The van der Waals surface area contributed by atoms with Crippen molar-refractivity contribution in [3.8, 4) is 0 Å². The van der Waals surface area contributed by atoms with Gasteiger partial charge in [-0.15, -0.1) is 11.8 Å². The summed E-state index contributed by atoms with van der Waals surface area (Å²) in [5, 5.41) is 15.2. The molecule has 0 saturated carbocycles. The molecule has 180 valence electrons. The van der Waals surface area contributed by atoms with Crippen LogP contribution in [-0.2, 0) is 14.4 Å². The maximum atomic E-state index is 13.8. The molecule has 3 amide bonds. The van der Waals surface area contributed by atoms with Crippen LogP contribution in [0, 0.1) is 11.8 Å². The van der Waals surface area contributed by atoms with Gasteiger partial charge in [0.05, 0.1) is 27.3 Å². The number of hydrogen-bond donors (Lipinski definition) is 3. The molecule has 33 heavy (non-hydrogen) atoms. The predicted octanol–water partition coefficient (Wildman–Crippen LogP) is 3.06. The van der Waals surface area contributed by atoms with E-state index in [0.717, 1.165) is 38.5 Å². The number of hydrogen-bond acceptors (Lipinski definition) is 5. The summed E-state index contributed by atoms with van der Waals surface area (Å²) >= 11 is 7.95. The first-order chi connectivity index (χ1) is 15.8. The Hall–Kier alpha value is -1.77. The molecule has 5 atom stereocenters. The van der Waals surface area contributed by atoms with Gasteiger partial charge in [0.25, 0.3) is 0 Å². The number of anilines is 1. The van der Waals surface area contributed by atoms with Gasteiger partial charge >= 0.3 is 0 Å². The van der Waals surface area contributed by atoms with Gasteiger partial charge in [0, 0.05) is 24.9 Å². The number of fused-ring (bicyclic) bond motifs is 1. The summed E-state index contributed by atoms with van der Waals surface area (Å²) in [5.41, 5.74) is 0.519. The molecule has 0 aromatic heterocycles. The van der Waals surface area contributed by atoms with Gasteiger partial charge in [0.2, 0.25) is 17.7 Å². The molecule has 1 aromatic rings. The predicted molar refractivity (Wildman–Crippen MR) is 130 cm³/mol. The van der Waals surface area contributed by atoms with Gasteiger partial charge in [0.1, 0.15) is 6.04 Å². The highest BCUT2D eigenvalue weighted by Crippen LogP contribution is 2.71. The van der Waals surface area contributed by atoms with Crippen LogP contribution >= 0.6 is 23.4 Å². The molecule has 2 bridgehead atoms. The van der Waals surface area contributed by atoms with Gasteiger partial charge in [-0.25, -0.2) is 0 Å². The Morgan fingerprint density at radius 3 is 2.61 bits per heavy atom. The van der Waals surface area contributed by atoms with Gasteiger partial charge < -0.3 is 20.6 Å². The molecule has 9 heteroatoms. The molecule has 4 rings (SSSR count). The molecule has 2 unspecified atom stereocenters. The Kier molecular flexibility index (Phi) is 6.99. The van der Waals surface area contributed by atoms with Crippen LogP contribution < -0.4 is 10.6 Å². The molecule has 3 fully saturated rings. The monoisotopic (exact) mass is 493 g/mol. The quantitative estimate of drug-likeness (QED) is 0.459. The molecule has 7 nitrogen and oxygen atoms in total. The Balaban J connectivity index is 1.66. The molecular formula is C24H32ClN3O4S. The Labute approximate surface area is 204 Å². The number of halogens is 1. The summed E-state index contributed by atoms with van der Waals surface area (Å²) in [6.45, 7) is 2.67. The lowest BCUT2D eigenvalue weighted by Gasteiger charge is -2.34. The zero-order chi connectivity index (χ0) is 23.8. The molecule has 3 aliphatic rings. The van der Waals surface area contributed by atoms with E-state index in [1.807, 2.05) is 0 Å². The fraction of sp³-hybridized carbons (Fsp3) is 0.625. The van der Waals surface area contributed by atoms with Crippen LogP contribution in [0.4, 0.5) is 5.69 Å². The van der Waals surface area contributed by atoms with Crippen LogP contribution in [0.5, 0.6) is 0 Å². The molecular weight excluding hydrogens is 462 g/mol. The number of likely N-dealkylation sites (tertiary alicyclic amines) is 1. The van der Waals surface area contributed by atoms with E-state index in [9.17, 15) is 14.4 Å². The van der Waals surface area contributed by atoms with Crippen molar-refractivity contribution in [2.45, 2.75) is 61.0 Å². The topological polar surface area (TPSA) is 98.7 Å². The zero-order valence-corrected chi connectivity index (χ0v) is 20.7. The second-order valence-electron chi connectivity index (χ2n) is 9.48. The van der Waals surface area contributed by atoms with Crippen molar-refractivity contribution in [3.63, 3.8) is 0 Å². The van der Waals surface area contributed by atoms with E-state index >= 15 is 0 Å². The third kappa shape index (κ3) is 4.04. The minimum absolute atomic E-state index is 0.0963. The van der Waals surface area contributed by atoms with E-state index < -0.39 is 22.6 Å². The largest absolute Gasteiger partial charge is 0.396 e. The SMILES string of the molecule is CNC(=O)[C@H]1[C@H]2C(=O)N(CCCCCCO)C(C(=O)Nc3ccccc3Cl)C23CC[C@]1(C)S3. The van der Waals surface area contributed by atoms with Crippen LogP contribution in [0.2, 0.25) is 5.02 Å². The fourth-order valence-corrected chi connectivity index (χ4v) is 8.57. The van der Waals surface area contributed by atoms with E-state index in [2.05, 4.69) is 17.6 Å². The van der Waals surface area contributed by atoms with Gasteiger partial charge in [-0.1, -0.05) is 36.6 Å². The summed E-state index contributed by atoms with van der Waals surface area (Å²) in [7, 11) is 1.61. The van der Waals surface area contributed by atoms with Gasteiger partial charge in [0.15, 0.2) is 0 Å². The minimum Gasteiger partial charge on any atom is -0.396 e. The summed E-state index contributed by atoms with van der Waals surface area (Å²) in [4.78, 5) is 42.1. The highest BCUT2D eigenvalue weighted by molar-refractivity contribution is 8.02. The third-order valence-corrected chi connectivity index (χ3v) is 9.81. The number of aliphatic hydroxyl groups excluding tert-OH is 1. The van der Waals surface area contributed by atoms with Crippen molar-refractivity contribution < 1.29 is 19.5 Å². The van der Waals surface area contributed by atoms with Crippen LogP contribution in [0.3, 0.4) is 0 Å². The van der Waals surface area contributed by atoms with Crippen molar-refractivity contribution in [1.29, 1.82) is 0 Å². The number of thioether (sulfide) groups is 1. The lowest BCUT2D eigenvalue weighted by molar-refractivity contribution is -0.140. The highest BCUT2D eigenvalue weighted by atomic mass is 35.5. The average Bonchev–Trinajstić information content (AvgIpc) is 3.35. The van der Waals surface area contributed by atoms with E-state index in [0.29, 0.717) is 17.3 Å². The van der Waals surface area contributed by atoms with Crippen molar-refractivity contribution in [3.05, 3.63) is 29.3 Å². The summed E-state index contributed by atoms with van der Waals surface area (Å²) in [5.74, 6) is -1.44. The third-order valence-electron chi connectivity index (χ3n) is 7.49. The molecule has 0 aliphatic carbocycles. The number of carbonyl (C=O) groups is 3. The Morgan fingerprint density at radius 2 is 1.91 bits per heavy atom. The molecule has 3 N–H and O–H groups in total. The lowest BCUT2D eigenvalue weighted by Crippen LogP contribution is -2.52. The number of carbonyl (C=O) groups excluding carboxylic acids is 3. The van der Waals surface area contributed by atoms with Gasteiger partial charge in [-0.3, -0.25) is 14.4 Å². The van der Waals surface area contributed by atoms with Crippen molar-refractivity contribution in [1.82, 2.24) is 10.2 Å². The number of nitrogens with zero attached hydrogens (tertiary/aromatic N) is 1. The molecule has 1 aromatic carbocycles. The number of aliphatic hydroxyl groups is 1. The van der Waals surface area contributed by atoms with Crippen LogP contribution in [0.25, 0.3) is 0 Å². The second-order valence-corrected chi connectivity index (χ2v) is 11.8. The normalized spacial score (nSPS) is 32.2. The van der Waals surface area contributed by atoms with Crippen LogP contribution in [0.15, 0.2) is 24.3 Å². The lowest BCUT2D eigenvalue weighted by atomic mass is 9.66.